The molecule has 0 aliphatic rings. The van der Waals surface area contributed by atoms with Crippen molar-refractivity contribution in [2.45, 2.75) is 11.8 Å². The number of hydrogen-bond donors (Lipinski definition) is 1. The molecule has 0 radical (unpaired) electrons. The summed E-state index contributed by atoms with van der Waals surface area (Å²) in [6.07, 6.45) is 0. The van der Waals surface area contributed by atoms with Crippen LogP contribution in [0.25, 0.3) is 0 Å². The number of hydrogen-bond acceptors (Lipinski definition) is 4. The lowest BCUT2D eigenvalue weighted by molar-refractivity contribution is -0.114. The third kappa shape index (κ3) is 4.55. The highest BCUT2D eigenvalue weighted by Gasteiger charge is 2.28. The van der Waals surface area contributed by atoms with Crippen molar-refractivity contribution >= 4 is 44.1 Å². The van der Waals surface area contributed by atoms with E-state index in [1.165, 1.54) is 49.4 Å². The molecule has 0 saturated heterocycles. The molecule has 2 aromatic carbocycles. The van der Waals surface area contributed by atoms with Crippen molar-refractivity contribution in [2.24, 2.45) is 0 Å². The number of carbonyl (C=O) groups excluding carboxylic acids is 2. The Morgan fingerprint density at radius 1 is 1.12 bits per heavy atom. The Morgan fingerprint density at radius 2 is 1.72 bits per heavy atom. The maximum absolute atomic E-state index is 14.0. The van der Waals surface area contributed by atoms with Gasteiger partial charge in [0.1, 0.15) is 12.4 Å². The molecular formula is C16H14ClFN2O4S. The van der Waals surface area contributed by atoms with Crippen molar-refractivity contribution in [1.82, 2.24) is 0 Å². The molecule has 25 heavy (non-hydrogen) atoms. The highest BCUT2D eigenvalue weighted by Crippen LogP contribution is 2.27. The first-order chi connectivity index (χ1) is 11.7. The van der Waals surface area contributed by atoms with Gasteiger partial charge in [-0.15, -0.1) is 0 Å². The van der Waals surface area contributed by atoms with Crippen molar-refractivity contribution in [1.29, 1.82) is 0 Å². The monoisotopic (exact) mass is 384 g/mol. The summed E-state index contributed by atoms with van der Waals surface area (Å²) in [6, 6.07) is 10.4. The van der Waals surface area contributed by atoms with Crippen LogP contribution in [0.3, 0.4) is 0 Å². The van der Waals surface area contributed by atoms with Gasteiger partial charge in [-0.1, -0.05) is 12.1 Å². The molecule has 0 unspecified atom stereocenters. The van der Waals surface area contributed by atoms with Crippen LogP contribution in [-0.2, 0) is 19.6 Å². The summed E-state index contributed by atoms with van der Waals surface area (Å²) in [6.45, 7) is 0.592. The minimum Gasteiger partial charge on any atom is -0.326 e. The quantitative estimate of drug-likeness (QED) is 0.776. The van der Waals surface area contributed by atoms with E-state index < -0.39 is 27.6 Å². The third-order valence-electron chi connectivity index (χ3n) is 3.15. The maximum Gasteiger partial charge on any atom is 0.264 e. The minimum absolute atomic E-state index is 0.178. The van der Waals surface area contributed by atoms with Gasteiger partial charge in [0, 0.05) is 12.6 Å². The number of carbonyl (C=O) groups is 2. The predicted octanol–water partition coefficient (Wildman–Crippen LogP) is 2.74. The lowest BCUT2D eigenvalue weighted by atomic mass is 10.3. The van der Waals surface area contributed by atoms with Crippen molar-refractivity contribution in [3.63, 3.8) is 0 Å². The highest BCUT2D eigenvalue weighted by molar-refractivity contribution is 7.92. The second-order valence-corrected chi connectivity index (χ2v) is 7.31. The van der Waals surface area contributed by atoms with E-state index in [0.717, 1.165) is 6.07 Å². The average Bonchev–Trinajstić information content (AvgIpc) is 2.53. The molecule has 0 fully saturated rings. The molecular weight excluding hydrogens is 371 g/mol. The van der Waals surface area contributed by atoms with E-state index in [9.17, 15) is 22.4 Å². The zero-order valence-electron chi connectivity index (χ0n) is 13.1. The number of para-hydroxylation sites is 1. The fourth-order valence-corrected chi connectivity index (χ4v) is 3.73. The van der Waals surface area contributed by atoms with E-state index >= 15 is 0 Å². The number of nitrogens with zero attached hydrogens (tertiary/aromatic N) is 1. The molecule has 0 saturated carbocycles. The third-order valence-corrected chi connectivity index (χ3v) is 5.05. The van der Waals surface area contributed by atoms with Crippen LogP contribution in [0, 0.1) is 5.82 Å². The van der Waals surface area contributed by atoms with Gasteiger partial charge in [0.05, 0.1) is 10.6 Å². The number of halogens is 2. The molecule has 0 bridgehead atoms. The summed E-state index contributed by atoms with van der Waals surface area (Å²) < 4.78 is 40.3. The molecule has 0 spiro atoms. The van der Waals surface area contributed by atoms with Crippen LogP contribution in [-0.4, -0.2) is 26.1 Å². The number of rotatable bonds is 6. The summed E-state index contributed by atoms with van der Waals surface area (Å²) >= 11 is 5.34. The Labute approximate surface area is 149 Å². The average molecular weight is 385 g/mol. The zero-order valence-corrected chi connectivity index (χ0v) is 14.6. The van der Waals surface area contributed by atoms with Gasteiger partial charge in [-0.05, 0) is 48.0 Å². The zero-order chi connectivity index (χ0) is 18.6. The van der Waals surface area contributed by atoms with Crippen LogP contribution in [0.15, 0.2) is 53.4 Å². The van der Waals surface area contributed by atoms with Crippen LogP contribution < -0.4 is 9.62 Å². The standard InChI is InChI=1S/C16H14ClFN2O4S/c1-11(21)19-12-6-8-13(9-7-12)25(23,24)20(10-16(17)22)15-5-3-2-4-14(15)18/h2-9H,10H2,1H3,(H,19,21). The van der Waals surface area contributed by atoms with Gasteiger partial charge in [0.25, 0.3) is 10.0 Å². The lowest BCUT2D eigenvalue weighted by Crippen LogP contribution is -2.35. The predicted molar refractivity (Wildman–Crippen MR) is 92.5 cm³/mol. The van der Waals surface area contributed by atoms with Gasteiger partial charge in [-0.25, -0.2) is 12.8 Å². The van der Waals surface area contributed by atoms with E-state index in [-0.39, 0.29) is 16.5 Å². The summed E-state index contributed by atoms with van der Waals surface area (Å²) in [4.78, 5) is 22.1. The molecule has 6 nitrogen and oxygen atoms in total. The smallest absolute Gasteiger partial charge is 0.264 e. The van der Waals surface area contributed by atoms with E-state index in [1.54, 1.807) is 0 Å². The van der Waals surface area contributed by atoms with Gasteiger partial charge in [0.15, 0.2) is 0 Å². The molecule has 9 heteroatoms. The number of nitrogens with one attached hydrogen (secondary N) is 1. The van der Waals surface area contributed by atoms with Gasteiger partial charge < -0.3 is 5.32 Å². The molecule has 1 N–H and O–H groups in total. The summed E-state index contributed by atoms with van der Waals surface area (Å²) in [5.41, 5.74) is 0.111. The maximum atomic E-state index is 14.0. The normalized spacial score (nSPS) is 11.0. The second-order valence-electron chi connectivity index (χ2n) is 5.02. The first kappa shape index (κ1) is 18.9. The van der Waals surface area contributed by atoms with Crippen molar-refractivity contribution in [3.8, 4) is 0 Å². The molecule has 0 heterocycles. The second kappa shape index (κ2) is 7.62. The fourth-order valence-electron chi connectivity index (χ4n) is 2.11. The molecule has 0 atom stereocenters. The van der Waals surface area contributed by atoms with Crippen LogP contribution in [0.4, 0.5) is 15.8 Å². The summed E-state index contributed by atoms with van der Waals surface area (Å²) in [7, 11) is -4.24. The first-order valence-corrected chi connectivity index (χ1v) is 8.87. The number of amides is 1. The minimum atomic E-state index is -4.24. The fraction of sp³-hybridized carbons (Fsp3) is 0.125. The number of sulfonamides is 1. The van der Waals surface area contributed by atoms with Crippen molar-refractivity contribution in [2.75, 3.05) is 16.2 Å². The Kier molecular flexibility index (Phi) is 5.76. The summed E-state index contributed by atoms with van der Waals surface area (Å²) in [5, 5.41) is 1.55. The van der Waals surface area contributed by atoms with E-state index in [1.807, 2.05) is 0 Å². The Hall–Kier alpha value is -2.45. The molecule has 0 aliphatic heterocycles. The van der Waals surface area contributed by atoms with Crippen molar-refractivity contribution < 1.29 is 22.4 Å². The first-order valence-electron chi connectivity index (χ1n) is 7.05. The van der Waals surface area contributed by atoms with Gasteiger partial charge in [0.2, 0.25) is 11.1 Å². The van der Waals surface area contributed by atoms with Crippen LogP contribution in [0.5, 0.6) is 0 Å². The molecule has 0 aromatic heterocycles. The lowest BCUT2D eigenvalue weighted by Gasteiger charge is -2.23. The molecule has 0 aliphatic carbocycles. The number of benzene rings is 2. The Bertz CT molecular complexity index is 901. The SMILES string of the molecule is CC(=O)Nc1ccc(S(=O)(=O)N(CC(=O)Cl)c2ccccc2F)cc1. The van der Waals surface area contributed by atoms with Crippen LogP contribution >= 0.6 is 11.6 Å². The summed E-state index contributed by atoms with van der Waals surface area (Å²) in [5.74, 6) is -1.12. The molecule has 2 aromatic rings. The van der Waals surface area contributed by atoms with E-state index in [2.05, 4.69) is 5.32 Å². The van der Waals surface area contributed by atoms with E-state index in [0.29, 0.717) is 9.99 Å². The highest BCUT2D eigenvalue weighted by atomic mass is 35.5. The van der Waals surface area contributed by atoms with Crippen LogP contribution in [0.1, 0.15) is 6.92 Å². The van der Waals surface area contributed by atoms with Crippen molar-refractivity contribution in [3.05, 3.63) is 54.3 Å². The molecule has 2 rings (SSSR count). The Morgan fingerprint density at radius 3 is 2.24 bits per heavy atom. The molecule has 132 valence electrons. The topological polar surface area (TPSA) is 83.6 Å². The van der Waals surface area contributed by atoms with Gasteiger partial charge in [-0.2, -0.15) is 0 Å². The Balaban J connectivity index is 2.46. The van der Waals surface area contributed by atoms with Crippen LogP contribution in [0.2, 0.25) is 0 Å². The van der Waals surface area contributed by atoms with E-state index in [4.69, 9.17) is 11.6 Å². The largest absolute Gasteiger partial charge is 0.326 e. The van der Waals surface area contributed by atoms with Gasteiger partial charge >= 0.3 is 0 Å². The molecule has 1 amide bonds. The number of anilines is 2. The van der Waals surface area contributed by atoms with Gasteiger partial charge in [-0.3, -0.25) is 13.9 Å².